The third kappa shape index (κ3) is 4.61. The van der Waals surface area contributed by atoms with Gasteiger partial charge >= 0.3 is 0 Å². The molecule has 0 radical (unpaired) electrons. The summed E-state index contributed by atoms with van der Waals surface area (Å²) in [6.45, 7) is 11.1. The molecular formula is C16H24FN. The molecule has 1 aromatic carbocycles. The first-order chi connectivity index (χ1) is 8.54. The molecular weight excluding hydrogens is 225 g/mol. The molecule has 18 heavy (non-hydrogen) atoms. The first-order valence-corrected chi connectivity index (χ1v) is 6.68. The standard InChI is InChI=1S/C16H24FN/c1-5-10-18-16(9-6-12(2)3)15-11-14(17)8-7-13(15)4/h7-8,11,16,18H,2,5-6,9-10H2,1,3-4H3. The Hall–Kier alpha value is -1.15. The van der Waals surface area contributed by atoms with Crippen molar-refractivity contribution in [3.8, 4) is 0 Å². The van der Waals surface area contributed by atoms with E-state index >= 15 is 0 Å². The van der Waals surface area contributed by atoms with Crippen molar-refractivity contribution in [2.24, 2.45) is 0 Å². The van der Waals surface area contributed by atoms with Gasteiger partial charge in [-0.25, -0.2) is 4.39 Å². The minimum absolute atomic E-state index is 0.158. The number of benzene rings is 1. The first kappa shape index (κ1) is 14.9. The number of aryl methyl sites for hydroxylation is 1. The van der Waals surface area contributed by atoms with Crippen LogP contribution in [-0.4, -0.2) is 6.54 Å². The van der Waals surface area contributed by atoms with E-state index < -0.39 is 0 Å². The van der Waals surface area contributed by atoms with Gasteiger partial charge in [-0.15, -0.1) is 6.58 Å². The van der Waals surface area contributed by atoms with Crippen LogP contribution in [0.2, 0.25) is 0 Å². The zero-order valence-electron chi connectivity index (χ0n) is 11.7. The van der Waals surface area contributed by atoms with Gasteiger partial charge in [-0.2, -0.15) is 0 Å². The van der Waals surface area contributed by atoms with E-state index in [1.165, 1.54) is 11.6 Å². The summed E-state index contributed by atoms with van der Waals surface area (Å²) in [5.41, 5.74) is 3.39. The zero-order valence-corrected chi connectivity index (χ0v) is 11.7. The minimum Gasteiger partial charge on any atom is -0.310 e. The number of halogens is 1. The molecule has 0 heterocycles. The van der Waals surface area contributed by atoms with Crippen LogP contribution in [-0.2, 0) is 0 Å². The van der Waals surface area contributed by atoms with Crippen molar-refractivity contribution in [3.63, 3.8) is 0 Å². The molecule has 0 fully saturated rings. The van der Waals surface area contributed by atoms with Crippen LogP contribution in [0.1, 0.15) is 50.3 Å². The Balaban J connectivity index is 2.85. The van der Waals surface area contributed by atoms with Crippen molar-refractivity contribution < 1.29 is 4.39 Å². The first-order valence-electron chi connectivity index (χ1n) is 6.68. The molecule has 0 saturated heterocycles. The molecule has 0 spiro atoms. The minimum atomic E-state index is -0.158. The molecule has 1 rings (SSSR count). The molecule has 0 aliphatic heterocycles. The summed E-state index contributed by atoms with van der Waals surface area (Å²) in [7, 11) is 0. The number of rotatable bonds is 7. The van der Waals surface area contributed by atoms with E-state index in [1.54, 1.807) is 6.07 Å². The lowest BCUT2D eigenvalue weighted by Gasteiger charge is -2.21. The SMILES string of the molecule is C=C(C)CCC(NCCC)c1cc(F)ccc1C. The van der Waals surface area contributed by atoms with Gasteiger partial charge in [-0.1, -0.05) is 18.6 Å². The van der Waals surface area contributed by atoms with Crippen molar-refractivity contribution in [1.82, 2.24) is 5.32 Å². The number of nitrogens with one attached hydrogen (secondary N) is 1. The van der Waals surface area contributed by atoms with Gasteiger partial charge in [-0.05, 0) is 62.9 Å². The van der Waals surface area contributed by atoms with E-state index in [-0.39, 0.29) is 11.9 Å². The van der Waals surface area contributed by atoms with E-state index in [2.05, 4.69) is 18.8 Å². The molecule has 0 aliphatic carbocycles. The number of allylic oxidation sites excluding steroid dienone is 1. The number of hydrogen-bond acceptors (Lipinski definition) is 1. The molecule has 0 aromatic heterocycles. The molecule has 100 valence electrons. The van der Waals surface area contributed by atoms with Gasteiger partial charge in [0.1, 0.15) is 5.82 Å². The average Bonchev–Trinajstić information content (AvgIpc) is 2.32. The van der Waals surface area contributed by atoms with Crippen LogP contribution in [0.25, 0.3) is 0 Å². The van der Waals surface area contributed by atoms with Crippen LogP contribution in [0.3, 0.4) is 0 Å². The van der Waals surface area contributed by atoms with Crippen molar-refractivity contribution in [1.29, 1.82) is 0 Å². The molecule has 1 nitrogen and oxygen atoms in total. The molecule has 1 atom stereocenters. The lowest BCUT2D eigenvalue weighted by molar-refractivity contribution is 0.493. The monoisotopic (exact) mass is 249 g/mol. The fourth-order valence-electron chi connectivity index (χ4n) is 2.06. The van der Waals surface area contributed by atoms with Crippen LogP contribution < -0.4 is 5.32 Å². The van der Waals surface area contributed by atoms with Crippen molar-refractivity contribution in [2.45, 2.75) is 46.1 Å². The summed E-state index contributed by atoms with van der Waals surface area (Å²) in [5, 5.41) is 3.50. The molecule has 0 bridgehead atoms. The lowest BCUT2D eigenvalue weighted by atomic mass is 9.96. The summed E-state index contributed by atoms with van der Waals surface area (Å²) in [4.78, 5) is 0. The quantitative estimate of drug-likeness (QED) is 0.700. The van der Waals surface area contributed by atoms with Gasteiger partial charge < -0.3 is 5.32 Å². The molecule has 1 N–H and O–H groups in total. The summed E-state index contributed by atoms with van der Waals surface area (Å²) in [5.74, 6) is -0.158. The van der Waals surface area contributed by atoms with Gasteiger partial charge in [0.25, 0.3) is 0 Å². The van der Waals surface area contributed by atoms with Crippen molar-refractivity contribution in [2.75, 3.05) is 6.54 Å². The second-order valence-electron chi connectivity index (χ2n) is 5.00. The smallest absolute Gasteiger partial charge is 0.123 e. The molecule has 0 amide bonds. The van der Waals surface area contributed by atoms with Crippen LogP contribution in [0.5, 0.6) is 0 Å². The Morgan fingerprint density at radius 1 is 1.44 bits per heavy atom. The van der Waals surface area contributed by atoms with Gasteiger partial charge in [0.15, 0.2) is 0 Å². The summed E-state index contributed by atoms with van der Waals surface area (Å²) in [6, 6.07) is 5.25. The van der Waals surface area contributed by atoms with Gasteiger partial charge in [0.2, 0.25) is 0 Å². The Kier molecular flexibility index (Phi) is 6.06. The Morgan fingerprint density at radius 2 is 2.17 bits per heavy atom. The highest BCUT2D eigenvalue weighted by Gasteiger charge is 2.13. The van der Waals surface area contributed by atoms with E-state index in [0.29, 0.717) is 0 Å². The Labute approximate surface area is 110 Å². The molecule has 0 saturated carbocycles. The predicted molar refractivity (Wildman–Crippen MR) is 76.2 cm³/mol. The highest BCUT2D eigenvalue weighted by atomic mass is 19.1. The van der Waals surface area contributed by atoms with Gasteiger partial charge in [-0.3, -0.25) is 0 Å². The van der Waals surface area contributed by atoms with Crippen LogP contribution in [0, 0.1) is 12.7 Å². The lowest BCUT2D eigenvalue weighted by Crippen LogP contribution is -2.23. The Bertz CT molecular complexity index is 398. The normalized spacial score (nSPS) is 12.4. The maximum absolute atomic E-state index is 13.4. The van der Waals surface area contributed by atoms with Crippen LogP contribution in [0.4, 0.5) is 4.39 Å². The van der Waals surface area contributed by atoms with Gasteiger partial charge in [0.05, 0.1) is 0 Å². The third-order valence-corrected chi connectivity index (χ3v) is 3.12. The second kappa shape index (κ2) is 7.32. The predicted octanol–water partition coefficient (Wildman–Crippen LogP) is 4.53. The van der Waals surface area contributed by atoms with E-state index in [4.69, 9.17) is 0 Å². The zero-order chi connectivity index (χ0) is 13.5. The van der Waals surface area contributed by atoms with E-state index in [9.17, 15) is 4.39 Å². The topological polar surface area (TPSA) is 12.0 Å². The molecule has 1 aromatic rings. The third-order valence-electron chi connectivity index (χ3n) is 3.12. The van der Waals surface area contributed by atoms with Crippen molar-refractivity contribution in [3.05, 3.63) is 47.3 Å². The summed E-state index contributed by atoms with van der Waals surface area (Å²) < 4.78 is 13.4. The number of hydrogen-bond donors (Lipinski definition) is 1. The second-order valence-corrected chi connectivity index (χ2v) is 5.00. The summed E-state index contributed by atoms with van der Waals surface area (Å²) >= 11 is 0. The van der Waals surface area contributed by atoms with E-state index in [1.807, 2.05) is 19.9 Å². The van der Waals surface area contributed by atoms with Gasteiger partial charge in [0, 0.05) is 6.04 Å². The molecule has 2 heteroatoms. The maximum Gasteiger partial charge on any atom is 0.123 e. The highest BCUT2D eigenvalue weighted by molar-refractivity contribution is 5.29. The fraction of sp³-hybridized carbons (Fsp3) is 0.500. The van der Waals surface area contributed by atoms with E-state index in [0.717, 1.165) is 36.9 Å². The largest absolute Gasteiger partial charge is 0.310 e. The van der Waals surface area contributed by atoms with Crippen molar-refractivity contribution >= 4 is 0 Å². The summed E-state index contributed by atoms with van der Waals surface area (Å²) in [6.07, 6.45) is 3.02. The van der Waals surface area contributed by atoms with Crippen LogP contribution >= 0.6 is 0 Å². The maximum atomic E-state index is 13.4. The fourth-order valence-corrected chi connectivity index (χ4v) is 2.06. The molecule has 1 unspecified atom stereocenters. The average molecular weight is 249 g/mol. The highest BCUT2D eigenvalue weighted by Crippen LogP contribution is 2.24. The van der Waals surface area contributed by atoms with Crippen LogP contribution in [0.15, 0.2) is 30.4 Å². The Morgan fingerprint density at radius 3 is 2.78 bits per heavy atom. The molecule has 0 aliphatic rings.